The summed E-state index contributed by atoms with van der Waals surface area (Å²) in [5.74, 6) is -0.218. The quantitative estimate of drug-likeness (QED) is 0.0736. The van der Waals surface area contributed by atoms with E-state index in [0.29, 0.717) is 81.9 Å². The molecule has 1 unspecified atom stereocenters. The summed E-state index contributed by atoms with van der Waals surface area (Å²) in [6, 6.07) is 13.0. The number of hydrogen-bond acceptors (Lipinski definition) is 12. The van der Waals surface area contributed by atoms with Crippen LogP contribution in [0, 0.1) is 5.82 Å². The molecule has 2 aromatic carbocycles. The van der Waals surface area contributed by atoms with Crippen molar-refractivity contribution in [3.05, 3.63) is 83.7 Å². The topological polar surface area (TPSA) is 169 Å². The number of carboxylic acids is 1. The van der Waals surface area contributed by atoms with Crippen LogP contribution in [0.4, 0.5) is 10.1 Å². The number of nitrogens with one attached hydrogen (secondary N) is 3. The van der Waals surface area contributed by atoms with Crippen molar-refractivity contribution in [2.24, 2.45) is 5.10 Å². The fourth-order valence-corrected chi connectivity index (χ4v) is 5.63. The van der Waals surface area contributed by atoms with E-state index in [4.69, 9.17) is 24.1 Å². The molecule has 0 fully saturated rings. The Bertz CT molecular complexity index is 1600. The average Bonchev–Trinajstić information content (AvgIpc) is 3.55. The minimum Gasteiger partial charge on any atom is -0.494 e. The van der Waals surface area contributed by atoms with Gasteiger partial charge in [-0.3, -0.25) is 15.0 Å². The van der Waals surface area contributed by atoms with Gasteiger partial charge in [-0.05, 0) is 81.5 Å². The molecule has 2 heterocycles. The summed E-state index contributed by atoms with van der Waals surface area (Å²) in [7, 11) is 1.93. The van der Waals surface area contributed by atoms with Gasteiger partial charge in [-0.25, -0.2) is 14.4 Å². The van der Waals surface area contributed by atoms with Crippen LogP contribution in [0.2, 0.25) is 0 Å². The number of amides is 1. The number of nitrogens with zero attached hydrogens (tertiary/aromatic N) is 4. The first-order valence-corrected chi connectivity index (χ1v) is 18.7. The molecule has 4 N–H and O–H groups in total. The fourth-order valence-electron chi connectivity index (χ4n) is 5.63. The van der Waals surface area contributed by atoms with Gasteiger partial charge in [-0.2, -0.15) is 5.10 Å². The maximum Gasteiger partial charge on any atom is 0.303 e. The Kier molecular flexibility index (Phi) is 18.4. The SMILES string of the molecule is C[C@H](NC(=O)c1cccc(NCC2NN=C(c3ccncn3)N2C)c1)c1cc(OCCCCCCOCCOCCOCCCCCC(=O)O)ccc1F. The Labute approximate surface area is 316 Å². The molecule has 1 aliphatic heterocycles. The first kappa shape index (κ1) is 41.9. The zero-order valence-corrected chi connectivity index (χ0v) is 31.3. The van der Waals surface area contributed by atoms with Crippen molar-refractivity contribution in [3.63, 3.8) is 0 Å². The lowest BCUT2D eigenvalue weighted by Crippen LogP contribution is -2.42. The van der Waals surface area contributed by atoms with Gasteiger partial charge in [-0.15, -0.1) is 0 Å². The summed E-state index contributed by atoms with van der Waals surface area (Å²) in [5, 5.41) is 19.3. The number of aromatic nitrogens is 2. The minimum absolute atomic E-state index is 0.124. The molecule has 294 valence electrons. The number of hydrogen-bond donors (Lipinski definition) is 4. The van der Waals surface area contributed by atoms with Crippen LogP contribution >= 0.6 is 0 Å². The molecule has 4 rings (SSSR count). The lowest BCUT2D eigenvalue weighted by atomic mass is 10.1. The summed E-state index contributed by atoms with van der Waals surface area (Å²) in [6.45, 7) is 6.14. The molecule has 3 aromatic rings. The number of likely N-dealkylation sites (N-methyl/N-ethyl adjacent to an activating group) is 1. The standard InChI is InChI=1S/C39H54FN7O7/c1-29(44-39(50)30-11-10-12-31(25-30)42-27-36-45-46-38(47(36)2)35-16-17-41-28-43-35)33-26-32(14-15-34(33)40)54-20-9-4-3-7-18-51-21-23-53-24-22-52-19-8-5-6-13-37(48)49/h10-12,14-17,25-26,28-29,36,42,45H,3-9,13,18-24,27H2,1-2H3,(H,44,50)(H,48,49)/t29-,36?/m0/s1. The third-order valence-electron chi connectivity index (χ3n) is 8.71. The third-order valence-corrected chi connectivity index (χ3v) is 8.71. The third kappa shape index (κ3) is 14.9. The molecule has 54 heavy (non-hydrogen) atoms. The van der Waals surface area contributed by atoms with Crippen LogP contribution in [0.15, 0.2) is 66.2 Å². The van der Waals surface area contributed by atoms with Crippen molar-refractivity contribution >= 4 is 23.4 Å². The van der Waals surface area contributed by atoms with Crippen molar-refractivity contribution < 1.29 is 38.0 Å². The Morgan fingerprint density at radius 3 is 2.31 bits per heavy atom. The van der Waals surface area contributed by atoms with Crippen LogP contribution in [0.3, 0.4) is 0 Å². The van der Waals surface area contributed by atoms with Crippen LogP contribution < -0.4 is 20.8 Å². The molecule has 1 aliphatic rings. The maximum absolute atomic E-state index is 14.8. The molecule has 14 nitrogen and oxygen atoms in total. The van der Waals surface area contributed by atoms with Crippen LogP contribution in [-0.2, 0) is 19.0 Å². The van der Waals surface area contributed by atoms with E-state index in [1.165, 1.54) is 12.4 Å². The van der Waals surface area contributed by atoms with Crippen molar-refractivity contribution in [2.75, 3.05) is 65.2 Å². The molecule has 1 amide bonds. The Morgan fingerprint density at radius 1 is 0.907 bits per heavy atom. The summed E-state index contributed by atoms with van der Waals surface area (Å²) in [6.07, 6.45) is 9.42. The highest BCUT2D eigenvalue weighted by atomic mass is 19.1. The summed E-state index contributed by atoms with van der Waals surface area (Å²) < 4.78 is 37.4. The number of amidine groups is 1. The van der Waals surface area contributed by atoms with Crippen molar-refractivity contribution in [3.8, 4) is 5.75 Å². The summed E-state index contributed by atoms with van der Waals surface area (Å²) >= 11 is 0. The van der Waals surface area contributed by atoms with E-state index >= 15 is 0 Å². The van der Waals surface area contributed by atoms with Crippen LogP contribution in [-0.4, -0.2) is 104 Å². The average molecular weight is 752 g/mol. The first-order valence-electron chi connectivity index (χ1n) is 18.7. The number of ether oxygens (including phenoxy) is 4. The zero-order valence-electron chi connectivity index (χ0n) is 31.3. The number of unbranched alkanes of at least 4 members (excludes halogenated alkanes) is 5. The smallest absolute Gasteiger partial charge is 0.303 e. The number of rotatable bonds is 27. The zero-order chi connectivity index (χ0) is 38.4. The number of benzene rings is 2. The van der Waals surface area contributed by atoms with E-state index in [2.05, 4.69) is 31.1 Å². The second-order valence-corrected chi connectivity index (χ2v) is 12.9. The highest BCUT2D eigenvalue weighted by Crippen LogP contribution is 2.24. The Hall–Kier alpha value is -4.86. The van der Waals surface area contributed by atoms with E-state index in [-0.39, 0.29) is 18.5 Å². The number of aliphatic carboxylic acids is 1. The Morgan fingerprint density at radius 2 is 1.61 bits per heavy atom. The highest BCUT2D eigenvalue weighted by molar-refractivity contribution is 5.97. The van der Waals surface area contributed by atoms with Gasteiger partial charge in [0.05, 0.1) is 45.6 Å². The van der Waals surface area contributed by atoms with Gasteiger partial charge in [0, 0.05) is 49.7 Å². The van der Waals surface area contributed by atoms with E-state index in [0.717, 1.165) is 49.9 Å². The molecular weight excluding hydrogens is 697 g/mol. The molecule has 0 saturated heterocycles. The largest absolute Gasteiger partial charge is 0.494 e. The maximum atomic E-state index is 14.8. The van der Waals surface area contributed by atoms with Crippen LogP contribution in [0.25, 0.3) is 0 Å². The first-order chi connectivity index (χ1) is 26.3. The number of carbonyl (C=O) groups is 2. The number of anilines is 1. The second-order valence-electron chi connectivity index (χ2n) is 12.9. The highest BCUT2D eigenvalue weighted by Gasteiger charge is 2.26. The Balaban J connectivity index is 1.05. The number of hydrazone groups is 1. The molecule has 0 bridgehead atoms. The molecule has 15 heteroatoms. The second kappa shape index (κ2) is 23.7. The fraction of sp³-hybridized carbons (Fsp3) is 0.513. The van der Waals surface area contributed by atoms with Crippen molar-refractivity contribution in [1.82, 2.24) is 25.6 Å². The predicted octanol–water partition coefficient (Wildman–Crippen LogP) is 5.38. The predicted molar refractivity (Wildman–Crippen MR) is 203 cm³/mol. The van der Waals surface area contributed by atoms with Gasteiger partial charge in [-0.1, -0.05) is 18.9 Å². The molecule has 1 aromatic heterocycles. The van der Waals surface area contributed by atoms with Gasteiger partial charge in [0.1, 0.15) is 29.8 Å². The van der Waals surface area contributed by atoms with E-state index < -0.39 is 17.8 Å². The van der Waals surface area contributed by atoms with Crippen LogP contribution in [0.5, 0.6) is 5.75 Å². The molecule has 2 atom stereocenters. The van der Waals surface area contributed by atoms with Crippen molar-refractivity contribution in [1.29, 1.82) is 0 Å². The summed E-state index contributed by atoms with van der Waals surface area (Å²) in [4.78, 5) is 33.9. The number of halogens is 1. The van der Waals surface area contributed by atoms with Crippen LogP contribution in [0.1, 0.15) is 85.9 Å². The molecule has 0 aliphatic carbocycles. The van der Waals surface area contributed by atoms with Gasteiger partial charge < -0.3 is 39.6 Å². The lowest BCUT2D eigenvalue weighted by molar-refractivity contribution is -0.137. The molecule has 0 saturated carbocycles. The normalized spacial score (nSPS) is 14.3. The van der Waals surface area contributed by atoms with Crippen molar-refractivity contribution in [2.45, 2.75) is 70.5 Å². The molecule has 0 radical (unpaired) electrons. The van der Waals surface area contributed by atoms with Gasteiger partial charge in [0.2, 0.25) is 0 Å². The number of carboxylic acid groups (broad SMARTS) is 1. The van der Waals surface area contributed by atoms with Gasteiger partial charge >= 0.3 is 5.97 Å². The van der Waals surface area contributed by atoms with E-state index in [9.17, 15) is 14.0 Å². The lowest BCUT2D eigenvalue weighted by Gasteiger charge is -2.23. The number of carbonyl (C=O) groups excluding carboxylic acids is 1. The monoisotopic (exact) mass is 751 g/mol. The minimum atomic E-state index is -0.756. The molecule has 0 spiro atoms. The van der Waals surface area contributed by atoms with E-state index in [1.807, 2.05) is 18.0 Å². The van der Waals surface area contributed by atoms with E-state index in [1.54, 1.807) is 49.5 Å². The van der Waals surface area contributed by atoms with Gasteiger partial charge in [0.15, 0.2) is 5.84 Å². The van der Waals surface area contributed by atoms with Gasteiger partial charge in [0.25, 0.3) is 5.91 Å². The molecular formula is C39H54FN7O7. The summed E-state index contributed by atoms with van der Waals surface area (Å²) in [5.41, 5.74) is 5.39.